The zero-order valence-electron chi connectivity index (χ0n) is 10.6. The molecule has 1 rings (SSSR count). The van der Waals surface area contributed by atoms with Gasteiger partial charge in [-0.15, -0.1) is 0 Å². The van der Waals surface area contributed by atoms with E-state index in [4.69, 9.17) is 0 Å². The Morgan fingerprint density at radius 2 is 1.76 bits per heavy atom. The minimum Gasteiger partial charge on any atom is -0.481 e. The Morgan fingerprint density at radius 3 is 2.12 bits per heavy atom. The third kappa shape index (κ3) is 2.82. The maximum Gasteiger partial charge on any atom is 0.311 e. The fourth-order valence-corrected chi connectivity index (χ4v) is 2.12. The van der Waals surface area contributed by atoms with E-state index in [9.17, 15) is 14.3 Å². The van der Waals surface area contributed by atoms with E-state index in [1.807, 2.05) is 19.0 Å². The third-order valence-electron chi connectivity index (χ3n) is 2.94. The van der Waals surface area contributed by atoms with Crippen LogP contribution in [0.4, 0.5) is 4.39 Å². The summed E-state index contributed by atoms with van der Waals surface area (Å²) in [7, 11) is 3.64. The molecule has 0 aromatic heterocycles. The number of carboxylic acids is 1. The summed E-state index contributed by atoms with van der Waals surface area (Å²) in [6.45, 7) is 3.34. The lowest BCUT2D eigenvalue weighted by Gasteiger charge is -2.35. The minimum absolute atomic E-state index is 0.305. The van der Waals surface area contributed by atoms with Crippen molar-refractivity contribution in [1.29, 1.82) is 0 Å². The number of carbonyl (C=O) groups is 1. The molecule has 1 unspecified atom stereocenters. The fraction of sp³-hybridized carbons (Fsp3) is 0.462. The van der Waals surface area contributed by atoms with E-state index in [1.54, 1.807) is 26.0 Å². The highest BCUT2D eigenvalue weighted by molar-refractivity contribution is 5.75. The molecule has 0 amide bonds. The normalized spacial score (nSPS) is 13.8. The Kier molecular flexibility index (Phi) is 3.88. The predicted octanol–water partition coefficient (Wildman–Crippen LogP) is 2.54. The molecule has 1 N–H and O–H groups in total. The first-order valence-corrected chi connectivity index (χ1v) is 5.42. The summed E-state index contributed by atoms with van der Waals surface area (Å²) in [4.78, 5) is 13.1. The molecule has 1 atom stereocenters. The van der Waals surface area contributed by atoms with E-state index < -0.39 is 11.4 Å². The number of aliphatic carboxylic acids is 1. The van der Waals surface area contributed by atoms with Gasteiger partial charge in [-0.05, 0) is 45.6 Å². The lowest BCUT2D eigenvalue weighted by Crippen LogP contribution is -2.39. The van der Waals surface area contributed by atoms with Gasteiger partial charge >= 0.3 is 5.97 Å². The van der Waals surface area contributed by atoms with Gasteiger partial charge in [0.05, 0.1) is 5.41 Å². The van der Waals surface area contributed by atoms with Gasteiger partial charge in [0, 0.05) is 6.04 Å². The van der Waals surface area contributed by atoms with E-state index in [-0.39, 0.29) is 11.9 Å². The maximum atomic E-state index is 12.9. The van der Waals surface area contributed by atoms with Gasteiger partial charge in [-0.25, -0.2) is 4.39 Å². The molecule has 17 heavy (non-hydrogen) atoms. The molecular weight excluding hydrogens is 221 g/mol. The molecule has 3 nitrogen and oxygen atoms in total. The summed E-state index contributed by atoms with van der Waals surface area (Å²) < 4.78 is 12.9. The van der Waals surface area contributed by atoms with Crippen molar-refractivity contribution in [2.24, 2.45) is 5.41 Å². The smallest absolute Gasteiger partial charge is 0.311 e. The Hall–Kier alpha value is -1.42. The first kappa shape index (κ1) is 13.6. The van der Waals surface area contributed by atoms with Crippen LogP contribution in [-0.2, 0) is 4.79 Å². The molecule has 4 heteroatoms. The Morgan fingerprint density at radius 1 is 1.29 bits per heavy atom. The van der Waals surface area contributed by atoms with Gasteiger partial charge in [-0.2, -0.15) is 0 Å². The lowest BCUT2D eigenvalue weighted by molar-refractivity contribution is -0.150. The van der Waals surface area contributed by atoms with E-state index >= 15 is 0 Å². The summed E-state index contributed by atoms with van der Waals surface area (Å²) in [5, 5.41) is 9.28. The van der Waals surface area contributed by atoms with E-state index in [0.29, 0.717) is 0 Å². The molecule has 0 spiro atoms. The van der Waals surface area contributed by atoms with Crippen LogP contribution in [0.1, 0.15) is 25.5 Å². The lowest BCUT2D eigenvalue weighted by atomic mass is 9.80. The van der Waals surface area contributed by atoms with Crippen molar-refractivity contribution in [2.75, 3.05) is 14.1 Å². The number of carboxylic acid groups (broad SMARTS) is 1. The Bertz CT molecular complexity index is 398. The van der Waals surface area contributed by atoms with Crippen LogP contribution >= 0.6 is 0 Å². The summed E-state index contributed by atoms with van der Waals surface area (Å²) in [5.41, 5.74) is -0.148. The quantitative estimate of drug-likeness (QED) is 0.877. The van der Waals surface area contributed by atoms with Gasteiger partial charge in [0.2, 0.25) is 0 Å². The van der Waals surface area contributed by atoms with Crippen LogP contribution in [0.25, 0.3) is 0 Å². The first-order valence-electron chi connectivity index (χ1n) is 5.42. The molecular formula is C13H18FNO2. The second-order valence-electron chi connectivity index (χ2n) is 4.94. The van der Waals surface area contributed by atoms with Crippen molar-refractivity contribution in [3.63, 3.8) is 0 Å². The van der Waals surface area contributed by atoms with Crippen LogP contribution in [0.2, 0.25) is 0 Å². The molecule has 0 saturated carbocycles. The molecule has 0 heterocycles. The number of benzene rings is 1. The van der Waals surface area contributed by atoms with Crippen molar-refractivity contribution in [2.45, 2.75) is 19.9 Å². The maximum absolute atomic E-state index is 12.9. The zero-order chi connectivity index (χ0) is 13.2. The second-order valence-corrected chi connectivity index (χ2v) is 4.94. The largest absolute Gasteiger partial charge is 0.481 e. The predicted molar refractivity (Wildman–Crippen MR) is 64.2 cm³/mol. The number of halogens is 1. The monoisotopic (exact) mass is 239 g/mol. The molecule has 0 radical (unpaired) electrons. The summed E-state index contributed by atoms with van der Waals surface area (Å²) in [6.07, 6.45) is 0. The topological polar surface area (TPSA) is 40.5 Å². The highest BCUT2D eigenvalue weighted by Crippen LogP contribution is 2.37. The van der Waals surface area contributed by atoms with Gasteiger partial charge in [-0.1, -0.05) is 12.1 Å². The molecule has 1 aromatic rings. The minimum atomic E-state index is -0.943. The van der Waals surface area contributed by atoms with Gasteiger partial charge < -0.3 is 10.0 Å². The van der Waals surface area contributed by atoms with Crippen LogP contribution in [-0.4, -0.2) is 30.1 Å². The summed E-state index contributed by atoms with van der Waals surface area (Å²) in [5.74, 6) is -1.19. The van der Waals surface area contributed by atoms with Gasteiger partial charge in [0.1, 0.15) is 5.82 Å². The molecule has 0 fully saturated rings. The molecule has 94 valence electrons. The third-order valence-corrected chi connectivity index (χ3v) is 2.94. The molecule has 0 aliphatic carbocycles. The number of nitrogens with zero attached hydrogens (tertiary/aromatic N) is 1. The second kappa shape index (κ2) is 4.84. The van der Waals surface area contributed by atoms with Crippen LogP contribution < -0.4 is 0 Å². The molecule has 0 aliphatic rings. The van der Waals surface area contributed by atoms with E-state index in [0.717, 1.165) is 5.56 Å². The molecule has 0 aliphatic heterocycles. The van der Waals surface area contributed by atoms with Crippen LogP contribution in [0.15, 0.2) is 24.3 Å². The highest BCUT2D eigenvalue weighted by atomic mass is 19.1. The Balaban J connectivity index is 3.18. The number of hydrogen-bond acceptors (Lipinski definition) is 2. The highest BCUT2D eigenvalue weighted by Gasteiger charge is 2.39. The molecule has 0 saturated heterocycles. The summed E-state index contributed by atoms with van der Waals surface area (Å²) in [6, 6.07) is 5.66. The zero-order valence-corrected chi connectivity index (χ0v) is 10.6. The average Bonchev–Trinajstić information content (AvgIpc) is 2.20. The standard InChI is InChI=1S/C13H18FNO2/c1-13(2,12(16)17)11(15(3)4)9-5-7-10(14)8-6-9/h5-8,11H,1-4H3,(H,16,17). The van der Waals surface area contributed by atoms with Gasteiger partial charge in [0.25, 0.3) is 0 Å². The average molecular weight is 239 g/mol. The summed E-state index contributed by atoms with van der Waals surface area (Å²) >= 11 is 0. The fourth-order valence-electron chi connectivity index (χ4n) is 2.12. The van der Waals surface area contributed by atoms with Crippen molar-refractivity contribution >= 4 is 5.97 Å². The van der Waals surface area contributed by atoms with E-state index in [2.05, 4.69) is 0 Å². The first-order chi connectivity index (χ1) is 7.76. The molecule has 0 bridgehead atoms. The van der Waals surface area contributed by atoms with Crippen molar-refractivity contribution < 1.29 is 14.3 Å². The Labute approximate surface area is 101 Å². The van der Waals surface area contributed by atoms with Crippen LogP contribution in [0, 0.1) is 11.2 Å². The van der Waals surface area contributed by atoms with Crippen molar-refractivity contribution in [1.82, 2.24) is 4.90 Å². The molecule has 1 aromatic carbocycles. The van der Waals surface area contributed by atoms with Gasteiger partial charge in [-0.3, -0.25) is 4.79 Å². The number of hydrogen-bond donors (Lipinski definition) is 1. The van der Waals surface area contributed by atoms with Gasteiger partial charge in [0.15, 0.2) is 0 Å². The van der Waals surface area contributed by atoms with Crippen LogP contribution in [0.3, 0.4) is 0 Å². The van der Waals surface area contributed by atoms with E-state index in [1.165, 1.54) is 12.1 Å². The van der Waals surface area contributed by atoms with Crippen LogP contribution in [0.5, 0.6) is 0 Å². The van der Waals surface area contributed by atoms with Crippen molar-refractivity contribution in [3.8, 4) is 0 Å². The van der Waals surface area contributed by atoms with Crippen molar-refractivity contribution in [3.05, 3.63) is 35.6 Å². The number of rotatable bonds is 4. The SMILES string of the molecule is CN(C)C(c1ccc(F)cc1)C(C)(C)C(=O)O.